The van der Waals surface area contributed by atoms with Gasteiger partial charge in [-0.25, -0.2) is 0 Å². The van der Waals surface area contributed by atoms with Gasteiger partial charge in [-0.3, -0.25) is 0 Å². The van der Waals surface area contributed by atoms with Crippen molar-refractivity contribution in [2.45, 2.75) is 0 Å². The molecule has 0 atom stereocenters. The van der Waals surface area contributed by atoms with E-state index < -0.39 is 0 Å². The van der Waals surface area contributed by atoms with Crippen molar-refractivity contribution in [3.8, 4) is 0 Å². The van der Waals surface area contributed by atoms with E-state index in [0.29, 0.717) is 0 Å². The molecule has 0 saturated carbocycles. The van der Waals surface area contributed by atoms with Crippen LogP contribution in [0, 0.1) is 0 Å². The molecule has 5 aromatic carbocycles. The second-order valence-corrected chi connectivity index (χ2v) is 5.84. The minimum Gasteiger partial charge on any atom is -0.114 e. The monoisotopic (exact) mass is 358 g/mol. The van der Waals surface area contributed by atoms with Crippen LogP contribution in [0.5, 0.6) is 0 Å². The first-order chi connectivity index (χ1) is 10.9. The molecule has 0 nitrogen and oxygen atoms in total. The Bertz CT molecular complexity index is 1080. The molecule has 5 rings (SSSR count). The van der Waals surface area contributed by atoms with Gasteiger partial charge in [-0.15, -0.1) is 17.0 Å². The average Bonchev–Trinajstić information content (AvgIpc) is 2.61. The zero-order valence-electron chi connectivity index (χ0n) is 12.5. The Balaban J connectivity index is 0.00000135. The molecule has 0 N–H and O–H groups in total. The molecule has 110 valence electrons. The molecule has 0 aliphatic rings. The van der Waals surface area contributed by atoms with Crippen molar-refractivity contribution < 1.29 is 0 Å². The van der Waals surface area contributed by atoms with E-state index in [0.717, 1.165) is 0 Å². The first kappa shape index (κ1) is 14.2. The van der Waals surface area contributed by atoms with Gasteiger partial charge in [0.05, 0.1) is 0 Å². The first-order valence-corrected chi connectivity index (χ1v) is 7.64. The maximum atomic E-state index is 2.33. The predicted octanol–water partition coefficient (Wildman–Crippen LogP) is 6.88. The van der Waals surface area contributed by atoms with E-state index >= 15 is 0 Å². The van der Waals surface area contributed by atoms with E-state index in [1.54, 1.807) is 0 Å². The number of benzene rings is 5. The lowest BCUT2D eigenvalue weighted by atomic mass is 9.92. The summed E-state index contributed by atoms with van der Waals surface area (Å²) in [6.45, 7) is 0. The third kappa shape index (κ3) is 2.04. The SMILES string of the molecule is Br.c1ccc2cc3c4ccccc4c4ccccc4c3cc2c1. The molecule has 0 heterocycles. The van der Waals surface area contributed by atoms with Crippen molar-refractivity contribution in [2.24, 2.45) is 0 Å². The average molecular weight is 359 g/mol. The molecule has 0 saturated heterocycles. The normalized spacial score (nSPS) is 11.1. The van der Waals surface area contributed by atoms with Gasteiger partial charge in [-0.2, -0.15) is 0 Å². The molecule has 0 unspecified atom stereocenters. The molecule has 0 aliphatic carbocycles. The van der Waals surface area contributed by atoms with Gasteiger partial charge < -0.3 is 0 Å². The Hall–Kier alpha value is -2.38. The molecule has 0 aromatic heterocycles. The lowest BCUT2D eigenvalue weighted by molar-refractivity contribution is 1.78. The van der Waals surface area contributed by atoms with Crippen LogP contribution in [0.15, 0.2) is 84.9 Å². The molecule has 5 aromatic rings. The molecule has 23 heavy (non-hydrogen) atoms. The summed E-state index contributed by atoms with van der Waals surface area (Å²) in [5.74, 6) is 0. The van der Waals surface area contributed by atoms with Crippen LogP contribution in [0.4, 0.5) is 0 Å². The van der Waals surface area contributed by atoms with Crippen LogP contribution < -0.4 is 0 Å². The van der Waals surface area contributed by atoms with Gasteiger partial charge in [0.1, 0.15) is 0 Å². The standard InChI is InChI=1S/C22H14.BrH/c1-2-8-16-14-22-20-12-6-4-10-18(20)17-9-3-5-11-19(17)21(22)13-15(16)7-1;/h1-14H;1H. The molecular formula is C22H15Br. The zero-order valence-corrected chi connectivity index (χ0v) is 14.2. The van der Waals surface area contributed by atoms with Crippen molar-refractivity contribution in [1.29, 1.82) is 0 Å². The van der Waals surface area contributed by atoms with Crippen LogP contribution in [-0.4, -0.2) is 0 Å². The molecule has 0 bridgehead atoms. The fraction of sp³-hybridized carbons (Fsp3) is 0. The number of rotatable bonds is 0. The summed E-state index contributed by atoms with van der Waals surface area (Å²) in [5, 5.41) is 10.6. The second kappa shape index (κ2) is 5.36. The van der Waals surface area contributed by atoms with Crippen LogP contribution >= 0.6 is 17.0 Å². The summed E-state index contributed by atoms with van der Waals surface area (Å²) in [4.78, 5) is 0. The van der Waals surface area contributed by atoms with Gasteiger partial charge in [-0.05, 0) is 55.2 Å². The summed E-state index contributed by atoms with van der Waals surface area (Å²) in [7, 11) is 0. The fourth-order valence-electron chi connectivity index (χ4n) is 3.59. The highest BCUT2D eigenvalue weighted by Crippen LogP contribution is 2.36. The van der Waals surface area contributed by atoms with E-state index in [4.69, 9.17) is 0 Å². The summed E-state index contributed by atoms with van der Waals surface area (Å²) < 4.78 is 0. The minimum absolute atomic E-state index is 0. The van der Waals surface area contributed by atoms with Gasteiger partial charge in [0, 0.05) is 0 Å². The molecular weight excluding hydrogens is 344 g/mol. The molecule has 0 radical (unpaired) electrons. The zero-order chi connectivity index (χ0) is 14.5. The molecule has 0 amide bonds. The van der Waals surface area contributed by atoms with Gasteiger partial charge in [-0.1, -0.05) is 72.8 Å². The second-order valence-electron chi connectivity index (χ2n) is 5.84. The molecule has 1 heteroatoms. The maximum absolute atomic E-state index is 2.33. The van der Waals surface area contributed by atoms with Gasteiger partial charge in [0.15, 0.2) is 0 Å². The number of hydrogen-bond donors (Lipinski definition) is 0. The number of halogens is 1. The fourth-order valence-corrected chi connectivity index (χ4v) is 3.59. The van der Waals surface area contributed by atoms with Gasteiger partial charge >= 0.3 is 0 Å². The minimum atomic E-state index is 0. The van der Waals surface area contributed by atoms with Crippen molar-refractivity contribution in [3.63, 3.8) is 0 Å². The molecule has 0 spiro atoms. The lowest BCUT2D eigenvalue weighted by Gasteiger charge is -2.11. The summed E-state index contributed by atoms with van der Waals surface area (Å²) in [6.07, 6.45) is 0. The highest BCUT2D eigenvalue weighted by molar-refractivity contribution is 8.93. The van der Waals surface area contributed by atoms with E-state index in [9.17, 15) is 0 Å². The third-order valence-corrected chi connectivity index (χ3v) is 4.61. The number of fused-ring (bicyclic) bond motifs is 7. The topological polar surface area (TPSA) is 0 Å². The van der Waals surface area contributed by atoms with Crippen LogP contribution in [0.25, 0.3) is 43.1 Å². The van der Waals surface area contributed by atoms with E-state index in [2.05, 4.69) is 84.9 Å². The first-order valence-electron chi connectivity index (χ1n) is 7.64. The van der Waals surface area contributed by atoms with Crippen LogP contribution in [0.3, 0.4) is 0 Å². The quantitative estimate of drug-likeness (QED) is 0.209. The summed E-state index contributed by atoms with van der Waals surface area (Å²) in [6, 6.07) is 30.7. The largest absolute Gasteiger partial charge is 0.114 e. The van der Waals surface area contributed by atoms with Gasteiger partial charge in [0.2, 0.25) is 0 Å². The lowest BCUT2D eigenvalue weighted by Crippen LogP contribution is -1.83. The van der Waals surface area contributed by atoms with Crippen molar-refractivity contribution >= 4 is 60.1 Å². The third-order valence-electron chi connectivity index (χ3n) is 4.61. The van der Waals surface area contributed by atoms with E-state index in [1.807, 2.05) is 0 Å². The summed E-state index contributed by atoms with van der Waals surface area (Å²) >= 11 is 0. The van der Waals surface area contributed by atoms with Crippen molar-refractivity contribution in [1.82, 2.24) is 0 Å². The van der Waals surface area contributed by atoms with E-state index in [-0.39, 0.29) is 17.0 Å². The molecule has 0 fully saturated rings. The van der Waals surface area contributed by atoms with Crippen molar-refractivity contribution in [3.05, 3.63) is 84.9 Å². The Morgan fingerprint density at radius 1 is 0.348 bits per heavy atom. The Kier molecular flexibility index (Phi) is 3.32. The highest BCUT2D eigenvalue weighted by atomic mass is 79.9. The Morgan fingerprint density at radius 3 is 1.04 bits per heavy atom. The summed E-state index contributed by atoms with van der Waals surface area (Å²) in [5.41, 5.74) is 0. The highest BCUT2D eigenvalue weighted by Gasteiger charge is 2.08. The maximum Gasteiger partial charge on any atom is -0.00926 e. The smallest absolute Gasteiger partial charge is 0.00926 e. The van der Waals surface area contributed by atoms with Crippen molar-refractivity contribution in [2.75, 3.05) is 0 Å². The van der Waals surface area contributed by atoms with Crippen LogP contribution in [0.1, 0.15) is 0 Å². The Labute approximate surface area is 145 Å². The van der Waals surface area contributed by atoms with Gasteiger partial charge in [0.25, 0.3) is 0 Å². The predicted molar refractivity (Wildman–Crippen MR) is 107 cm³/mol. The molecule has 0 aliphatic heterocycles. The van der Waals surface area contributed by atoms with Crippen LogP contribution in [0.2, 0.25) is 0 Å². The number of hydrogen-bond acceptors (Lipinski definition) is 0. The van der Waals surface area contributed by atoms with Crippen LogP contribution in [-0.2, 0) is 0 Å². The Morgan fingerprint density at radius 2 is 0.652 bits per heavy atom. The van der Waals surface area contributed by atoms with E-state index in [1.165, 1.54) is 43.1 Å².